The van der Waals surface area contributed by atoms with E-state index in [-0.39, 0.29) is 41.9 Å². The number of nitro groups is 1. The molecule has 4 N–H and O–H groups in total. The number of primary amides is 1. The zero-order chi connectivity index (χ0) is 16.0. The Bertz CT molecular complexity index is 557. The lowest BCUT2D eigenvalue weighted by Gasteiger charge is -2.10. The van der Waals surface area contributed by atoms with E-state index < -0.39 is 10.8 Å². The van der Waals surface area contributed by atoms with Crippen molar-refractivity contribution in [3.8, 4) is 0 Å². The molecule has 1 rings (SSSR count). The number of rotatable bonds is 7. The van der Waals surface area contributed by atoms with Crippen LogP contribution in [0, 0.1) is 10.1 Å². The summed E-state index contributed by atoms with van der Waals surface area (Å²) in [6.07, 6.45) is 0.187. The maximum absolute atomic E-state index is 11.5. The van der Waals surface area contributed by atoms with Crippen molar-refractivity contribution >= 4 is 23.2 Å². The predicted molar refractivity (Wildman–Crippen MR) is 78.0 cm³/mol. The molecular formula is C13H18N4O4. The second-order valence-corrected chi connectivity index (χ2v) is 4.75. The minimum Gasteiger partial charge on any atom is -0.379 e. The van der Waals surface area contributed by atoms with Gasteiger partial charge in [0.15, 0.2) is 0 Å². The number of carbonyl (C=O) groups excluding carboxylic acids is 2. The Morgan fingerprint density at radius 1 is 1.38 bits per heavy atom. The number of amides is 2. The molecule has 0 atom stereocenters. The van der Waals surface area contributed by atoms with E-state index in [4.69, 9.17) is 5.73 Å². The van der Waals surface area contributed by atoms with Crippen LogP contribution >= 0.6 is 0 Å². The van der Waals surface area contributed by atoms with E-state index in [1.807, 2.05) is 13.8 Å². The van der Waals surface area contributed by atoms with Gasteiger partial charge in [-0.3, -0.25) is 19.7 Å². The zero-order valence-electron chi connectivity index (χ0n) is 11.9. The fraction of sp³-hybridized carbons (Fsp3) is 0.385. The molecular weight excluding hydrogens is 276 g/mol. The quantitative estimate of drug-likeness (QED) is 0.511. The van der Waals surface area contributed by atoms with E-state index >= 15 is 0 Å². The van der Waals surface area contributed by atoms with Gasteiger partial charge in [-0.25, -0.2) is 0 Å². The molecule has 1 aromatic rings. The van der Waals surface area contributed by atoms with E-state index in [1.54, 1.807) is 0 Å². The first-order valence-corrected chi connectivity index (χ1v) is 6.42. The second-order valence-electron chi connectivity index (χ2n) is 4.75. The third-order valence-corrected chi connectivity index (χ3v) is 2.60. The largest absolute Gasteiger partial charge is 0.379 e. The molecule has 8 heteroatoms. The summed E-state index contributed by atoms with van der Waals surface area (Å²) < 4.78 is 0. The van der Waals surface area contributed by atoms with Gasteiger partial charge >= 0.3 is 0 Å². The SMILES string of the molecule is CC(C)NC(=O)CCNc1ccc(C(N)=O)cc1[N+](=O)[O-]. The highest BCUT2D eigenvalue weighted by Crippen LogP contribution is 2.25. The van der Waals surface area contributed by atoms with Gasteiger partial charge in [0, 0.05) is 30.6 Å². The van der Waals surface area contributed by atoms with Crippen LogP contribution in [0.25, 0.3) is 0 Å². The van der Waals surface area contributed by atoms with Crippen LogP contribution in [0.5, 0.6) is 0 Å². The van der Waals surface area contributed by atoms with Crippen molar-refractivity contribution < 1.29 is 14.5 Å². The highest BCUT2D eigenvalue weighted by atomic mass is 16.6. The van der Waals surface area contributed by atoms with E-state index in [2.05, 4.69) is 10.6 Å². The number of benzene rings is 1. The Morgan fingerprint density at radius 3 is 2.57 bits per heavy atom. The molecule has 1 aromatic carbocycles. The summed E-state index contributed by atoms with van der Waals surface area (Å²) >= 11 is 0. The van der Waals surface area contributed by atoms with Gasteiger partial charge in [-0.1, -0.05) is 0 Å². The normalized spacial score (nSPS) is 10.2. The summed E-state index contributed by atoms with van der Waals surface area (Å²) in [6, 6.07) is 3.95. The monoisotopic (exact) mass is 294 g/mol. The molecule has 0 aliphatic heterocycles. The van der Waals surface area contributed by atoms with Crippen LogP contribution < -0.4 is 16.4 Å². The Labute approximate surface area is 121 Å². The number of nitrogens with zero attached hydrogens (tertiary/aromatic N) is 1. The minimum atomic E-state index is -0.735. The molecule has 0 radical (unpaired) electrons. The molecule has 0 fully saturated rings. The molecule has 0 aliphatic carbocycles. The molecule has 0 aliphatic rings. The lowest BCUT2D eigenvalue weighted by molar-refractivity contribution is -0.384. The Balaban J connectivity index is 2.73. The van der Waals surface area contributed by atoms with Crippen molar-refractivity contribution in [2.45, 2.75) is 26.3 Å². The third-order valence-electron chi connectivity index (χ3n) is 2.60. The molecule has 2 amide bonds. The fourth-order valence-electron chi connectivity index (χ4n) is 1.69. The maximum atomic E-state index is 11.5. The predicted octanol–water partition coefficient (Wildman–Crippen LogP) is 1.02. The first-order valence-electron chi connectivity index (χ1n) is 6.42. The molecule has 0 bridgehead atoms. The minimum absolute atomic E-state index is 0.0432. The van der Waals surface area contributed by atoms with E-state index in [0.29, 0.717) is 0 Å². The smallest absolute Gasteiger partial charge is 0.293 e. The molecule has 0 heterocycles. The van der Waals surface area contributed by atoms with Crippen molar-refractivity contribution in [3.63, 3.8) is 0 Å². The number of nitrogens with one attached hydrogen (secondary N) is 2. The standard InChI is InChI=1S/C13H18N4O4/c1-8(2)16-12(18)5-6-15-10-4-3-9(13(14)19)7-11(10)17(20)21/h3-4,7-8,15H,5-6H2,1-2H3,(H2,14,19)(H,16,18). The van der Waals surface area contributed by atoms with Crippen LogP contribution in [0.15, 0.2) is 18.2 Å². The highest BCUT2D eigenvalue weighted by Gasteiger charge is 2.16. The van der Waals surface area contributed by atoms with Crippen LogP contribution in [0.4, 0.5) is 11.4 Å². The van der Waals surface area contributed by atoms with Crippen molar-refractivity contribution in [3.05, 3.63) is 33.9 Å². The number of hydrogen-bond donors (Lipinski definition) is 3. The summed E-state index contributed by atoms with van der Waals surface area (Å²) in [5.41, 5.74) is 5.13. The van der Waals surface area contributed by atoms with E-state index in [0.717, 1.165) is 6.07 Å². The molecule has 0 unspecified atom stereocenters. The molecule has 21 heavy (non-hydrogen) atoms. The van der Waals surface area contributed by atoms with Gasteiger partial charge in [-0.2, -0.15) is 0 Å². The second kappa shape index (κ2) is 7.22. The molecule has 0 saturated carbocycles. The van der Waals surface area contributed by atoms with Gasteiger partial charge in [0.1, 0.15) is 5.69 Å². The summed E-state index contributed by atoms with van der Waals surface area (Å²) in [5.74, 6) is -0.880. The van der Waals surface area contributed by atoms with Crippen LogP contribution in [0.1, 0.15) is 30.6 Å². The Morgan fingerprint density at radius 2 is 2.05 bits per heavy atom. The maximum Gasteiger partial charge on any atom is 0.293 e. The number of nitro benzene ring substituents is 1. The Hall–Kier alpha value is -2.64. The molecule has 8 nitrogen and oxygen atoms in total. The van der Waals surface area contributed by atoms with Crippen molar-refractivity contribution in [1.29, 1.82) is 0 Å². The molecule has 114 valence electrons. The van der Waals surface area contributed by atoms with Crippen molar-refractivity contribution in [2.75, 3.05) is 11.9 Å². The summed E-state index contributed by atoms with van der Waals surface area (Å²) in [6.45, 7) is 3.94. The fourth-order valence-corrected chi connectivity index (χ4v) is 1.69. The van der Waals surface area contributed by atoms with Gasteiger partial charge in [0.2, 0.25) is 11.8 Å². The third kappa shape index (κ3) is 5.09. The Kier molecular flexibility index (Phi) is 5.65. The lowest BCUT2D eigenvalue weighted by Crippen LogP contribution is -2.31. The van der Waals surface area contributed by atoms with E-state index in [9.17, 15) is 19.7 Å². The number of carbonyl (C=O) groups is 2. The zero-order valence-corrected chi connectivity index (χ0v) is 11.9. The molecule has 0 aromatic heterocycles. The van der Waals surface area contributed by atoms with Crippen molar-refractivity contribution in [2.24, 2.45) is 5.73 Å². The highest BCUT2D eigenvalue weighted by molar-refractivity contribution is 5.94. The summed E-state index contributed by atoms with van der Waals surface area (Å²) in [4.78, 5) is 32.8. The number of anilines is 1. The summed E-state index contributed by atoms with van der Waals surface area (Å²) in [7, 11) is 0. The molecule has 0 spiro atoms. The van der Waals surface area contributed by atoms with Crippen LogP contribution in [0.3, 0.4) is 0 Å². The van der Waals surface area contributed by atoms with Gasteiger partial charge in [0.25, 0.3) is 5.69 Å². The topological polar surface area (TPSA) is 127 Å². The number of hydrogen-bond acceptors (Lipinski definition) is 5. The van der Waals surface area contributed by atoms with Crippen LogP contribution in [-0.2, 0) is 4.79 Å². The van der Waals surface area contributed by atoms with Crippen molar-refractivity contribution in [1.82, 2.24) is 5.32 Å². The first kappa shape index (κ1) is 16.4. The number of nitrogens with two attached hydrogens (primary N) is 1. The summed E-state index contributed by atoms with van der Waals surface area (Å²) in [5, 5.41) is 16.5. The van der Waals surface area contributed by atoms with Gasteiger partial charge < -0.3 is 16.4 Å². The van der Waals surface area contributed by atoms with E-state index in [1.165, 1.54) is 12.1 Å². The average Bonchev–Trinajstić information content (AvgIpc) is 2.37. The molecule has 0 saturated heterocycles. The first-order chi connectivity index (χ1) is 9.81. The average molecular weight is 294 g/mol. The van der Waals surface area contributed by atoms with Gasteiger partial charge in [-0.15, -0.1) is 0 Å². The lowest BCUT2D eigenvalue weighted by atomic mass is 10.1. The van der Waals surface area contributed by atoms with Crippen LogP contribution in [0.2, 0.25) is 0 Å². The van der Waals surface area contributed by atoms with Gasteiger partial charge in [0.05, 0.1) is 4.92 Å². The van der Waals surface area contributed by atoms with Gasteiger partial charge in [-0.05, 0) is 26.0 Å². The van der Waals surface area contributed by atoms with Crippen LogP contribution in [-0.4, -0.2) is 29.3 Å².